The summed E-state index contributed by atoms with van der Waals surface area (Å²) < 4.78 is 10.4. The van der Waals surface area contributed by atoms with Gasteiger partial charge in [-0.15, -0.1) is 0 Å². The summed E-state index contributed by atoms with van der Waals surface area (Å²) in [6, 6.07) is 12.7. The summed E-state index contributed by atoms with van der Waals surface area (Å²) in [4.78, 5) is 14.9. The number of benzene rings is 2. The fraction of sp³-hybridized carbons (Fsp3) is 0.381. The van der Waals surface area contributed by atoms with E-state index in [4.69, 9.17) is 9.47 Å². The molecule has 1 atom stereocenters. The van der Waals surface area contributed by atoms with Gasteiger partial charge in [0.1, 0.15) is 11.3 Å². The second-order valence-electron chi connectivity index (χ2n) is 6.81. The first-order chi connectivity index (χ1) is 12.7. The fourth-order valence-corrected chi connectivity index (χ4v) is 4.17. The van der Waals surface area contributed by atoms with E-state index in [-0.39, 0.29) is 5.97 Å². The molecule has 5 heteroatoms. The highest BCUT2D eigenvalue weighted by Crippen LogP contribution is 2.38. The monoisotopic (exact) mass is 352 g/mol. The molecule has 0 aromatic heterocycles. The molecule has 0 bridgehead atoms. The lowest BCUT2D eigenvalue weighted by Gasteiger charge is -2.24. The number of esters is 1. The van der Waals surface area contributed by atoms with Crippen molar-refractivity contribution < 1.29 is 14.3 Å². The lowest BCUT2D eigenvalue weighted by Crippen LogP contribution is -2.32. The van der Waals surface area contributed by atoms with E-state index < -0.39 is 0 Å². The standard InChI is InChI=1S/C21H24N2O3/c1-25-19-5-3-4-17(20(19)21(24)26-2)14-6-7-18-15(12-14)13-16-8-9-22-10-11-23(16)18/h3-7,12,16,22H,8-11,13H2,1-2H3. The zero-order valence-electron chi connectivity index (χ0n) is 15.2. The van der Waals surface area contributed by atoms with Gasteiger partial charge in [-0.05, 0) is 54.3 Å². The second kappa shape index (κ2) is 7.00. The maximum Gasteiger partial charge on any atom is 0.342 e. The average Bonchev–Trinajstić information content (AvgIpc) is 2.86. The van der Waals surface area contributed by atoms with Crippen molar-refractivity contribution in [3.05, 3.63) is 47.5 Å². The molecule has 2 aromatic carbocycles. The summed E-state index contributed by atoms with van der Waals surface area (Å²) in [7, 11) is 2.97. The van der Waals surface area contributed by atoms with E-state index in [1.54, 1.807) is 13.2 Å². The number of methoxy groups -OCH3 is 2. The molecule has 0 amide bonds. The highest BCUT2D eigenvalue weighted by molar-refractivity contribution is 6.00. The van der Waals surface area contributed by atoms with Crippen molar-refractivity contribution in [3.63, 3.8) is 0 Å². The second-order valence-corrected chi connectivity index (χ2v) is 6.81. The number of fused-ring (bicyclic) bond motifs is 3. The summed E-state index contributed by atoms with van der Waals surface area (Å²) in [6.07, 6.45) is 2.22. The molecular formula is C21H24N2O3. The van der Waals surface area contributed by atoms with Crippen LogP contribution in [0.4, 0.5) is 5.69 Å². The number of hydrogen-bond acceptors (Lipinski definition) is 5. The first kappa shape index (κ1) is 16.9. The van der Waals surface area contributed by atoms with Gasteiger partial charge < -0.3 is 19.7 Å². The number of hydrogen-bond donors (Lipinski definition) is 1. The number of nitrogens with zero attached hydrogens (tertiary/aromatic N) is 1. The van der Waals surface area contributed by atoms with Gasteiger partial charge in [0.05, 0.1) is 14.2 Å². The minimum Gasteiger partial charge on any atom is -0.496 e. The summed E-state index contributed by atoms with van der Waals surface area (Å²) in [5.74, 6) is 0.160. The molecule has 2 heterocycles. The lowest BCUT2D eigenvalue weighted by molar-refractivity contribution is 0.0598. The molecular weight excluding hydrogens is 328 g/mol. The van der Waals surface area contributed by atoms with Crippen LogP contribution in [0, 0.1) is 0 Å². The molecule has 0 spiro atoms. The highest BCUT2D eigenvalue weighted by Gasteiger charge is 2.30. The molecule has 0 saturated carbocycles. The summed E-state index contributed by atoms with van der Waals surface area (Å²) in [6.45, 7) is 3.15. The van der Waals surface area contributed by atoms with Crippen LogP contribution in [0.5, 0.6) is 5.75 Å². The maximum atomic E-state index is 12.3. The Balaban J connectivity index is 1.76. The molecule has 136 valence electrons. The fourth-order valence-electron chi connectivity index (χ4n) is 4.17. The van der Waals surface area contributed by atoms with Crippen molar-refractivity contribution in [1.82, 2.24) is 5.32 Å². The summed E-state index contributed by atoms with van der Waals surface area (Å²) in [5, 5.41) is 3.48. The van der Waals surface area contributed by atoms with Gasteiger partial charge in [0.25, 0.3) is 0 Å². The molecule has 2 aromatic rings. The molecule has 1 unspecified atom stereocenters. The lowest BCUT2D eigenvalue weighted by atomic mass is 9.96. The Kier molecular flexibility index (Phi) is 4.55. The zero-order chi connectivity index (χ0) is 18.1. The van der Waals surface area contributed by atoms with E-state index in [1.165, 1.54) is 18.4 Å². The van der Waals surface area contributed by atoms with Gasteiger partial charge in [0, 0.05) is 24.8 Å². The average molecular weight is 352 g/mol. The van der Waals surface area contributed by atoms with Crippen LogP contribution in [-0.4, -0.2) is 45.9 Å². The van der Waals surface area contributed by atoms with Gasteiger partial charge in [-0.1, -0.05) is 18.2 Å². The van der Waals surface area contributed by atoms with E-state index >= 15 is 0 Å². The number of anilines is 1. The van der Waals surface area contributed by atoms with Crippen LogP contribution >= 0.6 is 0 Å². The molecule has 1 saturated heterocycles. The predicted octanol–water partition coefficient (Wildman–Crippen LogP) is 2.87. The Bertz CT molecular complexity index is 834. The molecule has 26 heavy (non-hydrogen) atoms. The zero-order valence-corrected chi connectivity index (χ0v) is 15.2. The smallest absolute Gasteiger partial charge is 0.342 e. The van der Waals surface area contributed by atoms with Gasteiger partial charge in [0.15, 0.2) is 0 Å². The van der Waals surface area contributed by atoms with Crippen molar-refractivity contribution in [2.24, 2.45) is 0 Å². The topological polar surface area (TPSA) is 50.8 Å². The van der Waals surface area contributed by atoms with Gasteiger partial charge in [-0.25, -0.2) is 4.79 Å². The first-order valence-corrected chi connectivity index (χ1v) is 9.09. The van der Waals surface area contributed by atoms with Crippen LogP contribution in [0.2, 0.25) is 0 Å². The molecule has 5 nitrogen and oxygen atoms in total. The molecule has 4 rings (SSSR count). The number of nitrogens with one attached hydrogen (secondary N) is 1. The Hall–Kier alpha value is -2.53. The third kappa shape index (κ3) is 2.82. The van der Waals surface area contributed by atoms with Crippen molar-refractivity contribution in [2.45, 2.75) is 18.9 Å². The SMILES string of the molecule is COC(=O)c1c(OC)cccc1-c1ccc2c(c1)CC1CCNCCN21. The van der Waals surface area contributed by atoms with Crippen molar-refractivity contribution >= 4 is 11.7 Å². The molecule has 1 N–H and O–H groups in total. The molecule has 2 aliphatic rings. The van der Waals surface area contributed by atoms with Crippen LogP contribution in [0.3, 0.4) is 0 Å². The van der Waals surface area contributed by atoms with E-state index in [1.807, 2.05) is 12.1 Å². The minimum absolute atomic E-state index is 0.377. The first-order valence-electron chi connectivity index (χ1n) is 9.09. The van der Waals surface area contributed by atoms with Gasteiger partial charge in [-0.2, -0.15) is 0 Å². The van der Waals surface area contributed by atoms with Crippen LogP contribution in [0.15, 0.2) is 36.4 Å². The Morgan fingerprint density at radius 3 is 2.88 bits per heavy atom. The van der Waals surface area contributed by atoms with E-state index in [2.05, 4.69) is 28.4 Å². The molecule has 0 aliphatic carbocycles. The third-order valence-electron chi connectivity index (χ3n) is 5.42. The summed E-state index contributed by atoms with van der Waals surface area (Å²) in [5.41, 5.74) is 5.04. The molecule has 0 radical (unpaired) electrons. The Morgan fingerprint density at radius 1 is 1.19 bits per heavy atom. The van der Waals surface area contributed by atoms with Crippen LogP contribution in [-0.2, 0) is 11.2 Å². The molecule has 1 fully saturated rings. The quantitative estimate of drug-likeness (QED) is 0.861. The van der Waals surface area contributed by atoms with Crippen molar-refractivity contribution in [3.8, 4) is 16.9 Å². The van der Waals surface area contributed by atoms with E-state index in [0.717, 1.165) is 43.6 Å². The predicted molar refractivity (Wildman–Crippen MR) is 102 cm³/mol. The normalized spacial score (nSPS) is 18.7. The van der Waals surface area contributed by atoms with E-state index in [9.17, 15) is 4.79 Å². The minimum atomic E-state index is -0.377. The van der Waals surface area contributed by atoms with E-state index in [0.29, 0.717) is 17.4 Å². The van der Waals surface area contributed by atoms with Crippen molar-refractivity contribution in [1.29, 1.82) is 0 Å². The third-order valence-corrected chi connectivity index (χ3v) is 5.42. The molecule has 2 aliphatic heterocycles. The van der Waals surface area contributed by atoms with Crippen LogP contribution < -0.4 is 15.0 Å². The van der Waals surface area contributed by atoms with Crippen LogP contribution in [0.25, 0.3) is 11.1 Å². The van der Waals surface area contributed by atoms with Gasteiger partial charge >= 0.3 is 5.97 Å². The highest BCUT2D eigenvalue weighted by atomic mass is 16.5. The number of ether oxygens (including phenoxy) is 2. The van der Waals surface area contributed by atoms with Gasteiger partial charge in [-0.3, -0.25) is 0 Å². The summed E-state index contributed by atoms with van der Waals surface area (Å²) >= 11 is 0. The largest absolute Gasteiger partial charge is 0.496 e. The van der Waals surface area contributed by atoms with Gasteiger partial charge in [0.2, 0.25) is 0 Å². The Morgan fingerprint density at radius 2 is 2.08 bits per heavy atom. The number of carbonyl (C=O) groups excluding carboxylic acids is 1. The maximum absolute atomic E-state index is 12.3. The number of rotatable bonds is 3. The Labute approximate surface area is 153 Å². The van der Waals surface area contributed by atoms with Crippen molar-refractivity contribution in [2.75, 3.05) is 38.8 Å². The number of carbonyl (C=O) groups is 1. The van der Waals surface area contributed by atoms with Crippen LogP contribution in [0.1, 0.15) is 22.3 Å².